The molecule has 0 bridgehead atoms. The van der Waals surface area contributed by atoms with Crippen LogP contribution in [0.3, 0.4) is 0 Å². The summed E-state index contributed by atoms with van der Waals surface area (Å²) < 4.78 is 45.2. The molecule has 2 atom stereocenters. The summed E-state index contributed by atoms with van der Waals surface area (Å²) in [5.41, 5.74) is 0.510. The average Bonchev–Trinajstić information content (AvgIpc) is 3.52. The van der Waals surface area contributed by atoms with E-state index in [0.717, 1.165) is 0 Å². The zero-order valence-electron chi connectivity index (χ0n) is 20.8. The number of ether oxygens (including phenoxy) is 2. The van der Waals surface area contributed by atoms with Crippen molar-refractivity contribution in [1.29, 1.82) is 5.26 Å². The fraction of sp³-hybridized carbons (Fsp3) is 0.348. The summed E-state index contributed by atoms with van der Waals surface area (Å²) in [6.45, 7) is 5.06. The van der Waals surface area contributed by atoms with Crippen LogP contribution in [0.15, 0.2) is 35.3 Å². The largest absolute Gasteiger partial charge is 0.479 e. The number of rotatable bonds is 9. The SMILES string of the molecule is COc1ncnc(OC)c1-n1c(CS(=O)(=O)[C@@H](C)[C@H](C)c2ncc(C#N)cn2)nnc1-c1ccc(C)o1. The van der Waals surface area contributed by atoms with Crippen LogP contribution in [-0.2, 0) is 15.6 Å². The lowest BCUT2D eigenvalue weighted by molar-refractivity contribution is 0.368. The molecule has 0 fully saturated rings. The van der Waals surface area contributed by atoms with E-state index < -0.39 is 26.8 Å². The Labute approximate surface area is 213 Å². The van der Waals surface area contributed by atoms with Crippen molar-refractivity contribution in [2.45, 2.75) is 37.7 Å². The van der Waals surface area contributed by atoms with Crippen molar-refractivity contribution in [3.05, 3.63) is 53.8 Å². The van der Waals surface area contributed by atoms with Gasteiger partial charge < -0.3 is 13.9 Å². The van der Waals surface area contributed by atoms with Crippen molar-refractivity contribution < 1.29 is 22.3 Å². The van der Waals surface area contributed by atoms with Crippen LogP contribution in [0.4, 0.5) is 0 Å². The summed E-state index contributed by atoms with van der Waals surface area (Å²) in [6.07, 6.45) is 3.99. The second kappa shape index (κ2) is 10.3. The number of furan rings is 1. The van der Waals surface area contributed by atoms with E-state index in [0.29, 0.717) is 17.3 Å². The summed E-state index contributed by atoms with van der Waals surface area (Å²) in [7, 11) is -0.990. The van der Waals surface area contributed by atoms with Crippen LogP contribution in [0.1, 0.15) is 42.7 Å². The predicted octanol–water partition coefficient (Wildman–Crippen LogP) is 2.41. The van der Waals surface area contributed by atoms with Gasteiger partial charge >= 0.3 is 0 Å². The van der Waals surface area contributed by atoms with E-state index >= 15 is 0 Å². The quantitative estimate of drug-likeness (QED) is 0.313. The molecule has 0 N–H and O–H groups in total. The fourth-order valence-corrected chi connectivity index (χ4v) is 5.21. The predicted molar refractivity (Wildman–Crippen MR) is 130 cm³/mol. The Hall–Kier alpha value is -4.38. The molecule has 4 rings (SSSR count). The van der Waals surface area contributed by atoms with Gasteiger partial charge in [0.05, 0.1) is 25.0 Å². The minimum Gasteiger partial charge on any atom is -0.479 e. The van der Waals surface area contributed by atoms with Crippen LogP contribution < -0.4 is 9.47 Å². The van der Waals surface area contributed by atoms with Crippen molar-refractivity contribution in [3.63, 3.8) is 0 Å². The Morgan fingerprint density at radius 3 is 2.24 bits per heavy atom. The van der Waals surface area contributed by atoms with Gasteiger partial charge in [0, 0.05) is 18.3 Å². The van der Waals surface area contributed by atoms with E-state index in [1.54, 1.807) is 32.9 Å². The van der Waals surface area contributed by atoms with Crippen LogP contribution >= 0.6 is 0 Å². The number of nitrogens with zero attached hydrogens (tertiary/aromatic N) is 8. The molecular formula is C23H24N8O5S. The molecule has 4 aromatic heterocycles. The first kappa shape index (κ1) is 25.7. The smallest absolute Gasteiger partial charge is 0.245 e. The second-order valence-corrected chi connectivity index (χ2v) is 10.5. The number of hydrogen-bond acceptors (Lipinski definition) is 12. The lowest BCUT2D eigenvalue weighted by atomic mass is 10.1. The molecular weight excluding hydrogens is 500 g/mol. The third-order valence-electron chi connectivity index (χ3n) is 5.87. The molecule has 0 aliphatic heterocycles. The highest BCUT2D eigenvalue weighted by Crippen LogP contribution is 2.35. The van der Waals surface area contributed by atoms with Gasteiger partial charge in [-0.1, -0.05) is 6.92 Å². The molecule has 0 spiro atoms. The monoisotopic (exact) mass is 524 g/mol. The minimum atomic E-state index is -3.83. The van der Waals surface area contributed by atoms with Crippen LogP contribution in [0.2, 0.25) is 0 Å². The van der Waals surface area contributed by atoms with Gasteiger partial charge in [0.1, 0.15) is 29.7 Å². The molecule has 0 aliphatic carbocycles. The van der Waals surface area contributed by atoms with E-state index in [2.05, 4.69) is 30.1 Å². The zero-order chi connectivity index (χ0) is 26.7. The molecule has 0 unspecified atom stereocenters. The highest BCUT2D eigenvalue weighted by molar-refractivity contribution is 7.91. The Balaban J connectivity index is 1.79. The fourth-order valence-electron chi connectivity index (χ4n) is 3.66. The molecule has 0 saturated carbocycles. The topological polar surface area (TPSA) is 172 Å². The first-order valence-electron chi connectivity index (χ1n) is 11.1. The van der Waals surface area contributed by atoms with Gasteiger partial charge in [-0.15, -0.1) is 10.2 Å². The maximum absolute atomic E-state index is 13.6. The second-order valence-electron chi connectivity index (χ2n) is 8.17. The van der Waals surface area contributed by atoms with Crippen LogP contribution in [0, 0.1) is 18.3 Å². The average molecular weight is 525 g/mol. The number of hydrogen-bond donors (Lipinski definition) is 0. The Morgan fingerprint density at radius 1 is 1.05 bits per heavy atom. The molecule has 0 saturated heterocycles. The first-order valence-corrected chi connectivity index (χ1v) is 12.8. The van der Waals surface area contributed by atoms with Crippen molar-refractivity contribution in [2.24, 2.45) is 0 Å². The maximum atomic E-state index is 13.6. The Bertz CT molecular complexity index is 1530. The van der Waals surface area contributed by atoms with Crippen LogP contribution in [-0.4, -0.2) is 62.6 Å². The lowest BCUT2D eigenvalue weighted by Crippen LogP contribution is -2.27. The standard InChI is InChI=1S/C23H24N8O5S/c1-13-6-7-17(36-13)21-30-29-18(31(21)19-22(34-4)27-12-28-23(19)35-5)11-37(32,33)15(3)14(2)20-25-9-16(8-24)10-26-20/h6-7,9-10,12,14-15H,11H2,1-5H3/t14-,15-/m0/s1. The summed E-state index contributed by atoms with van der Waals surface area (Å²) >= 11 is 0. The van der Waals surface area contributed by atoms with E-state index in [1.807, 2.05) is 6.07 Å². The zero-order valence-corrected chi connectivity index (χ0v) is 21.6. The van der Waals surface area contributed by atoms with Gasteiger partial charge in [0.15, 0.2) is 27.1 Å². The maximum Gasteiger partial charge on any atom is 0.245 e. The minimum absolute atomic E-state index is 0.0789. The molecule has 13 nitrogen and oxygen atoms in total. The Morgan fingerprint density at radius 2 is 1.70 bits per heavy atom. The molecule has 0 aliphatic rings. The third kappa shape index (κ3) is 4.98. The van der Waals surface area contributed by atoms with E-state index in [4.69, 9.17) is 19.2 Å². The highest BCUT2D eigenvalue weighted by atomic mass is 32.2. The number of sulfone groups is 1. The van der Waals surface area contributed by atoms with Crippen molar-refractivity contribution >= 4 is 9.84 Å². The van der Waals surface area contributed by atoms with Crippen molar-refractivity contribution in [1.82, 2.24) is 34.7 Å². The summed E-state index contributed by atoms with van der Waals surface area (Å²) in [6, 6.07) is 5.39. The third-order valence-corrected chi connectivity index (χ3v) is 8.07. The van der Waals surface area contributed by atoms with E-state index in [9.17, 15) is 8.42 Å². The molecule has 14 heteroatoms. The Kier molecular flexibility index (Phi) is 7.16. The number of nitriles is 1. The number of aryl methyl sites for hydroxylation is 1. The number of aromatic nitrogens is 7. The van der Waals surface area contributed by atoms with E-state index in [-0.39, 0.29) is 34.7 Å². The molecule has 192 valence electrons. The van der Waals surface area contributed by atoms with Gasteiger partial charge in [-0.05, 0) is 26.0 Å². The summed E-state index contributed by atoms with van der Waals surface area (Å²) in [5.74, 6) is 0.803. The summed E-state index contributed by atoms with van der Waals surface area (Å²) in [5, 5.41) is 16.5. The van der Waals surface area contributed by atoms with Gasteiger partial charge in [0.2, 0.25) is 17.6 Å². The molecule has 4 aromatic rings. The number of methoxy groups -OCH3 is 2. The highest BCUT2D eigenvalue weighted by Gasteiger charge is 2.33. The van der Waals surface area contributed by atoms with Gasteiger partial charge in [-0.3, -0.25) is 4.57 Å². The molecule has 0 radical (unpaired) electrons. The van der Waals surface area contributed by atoms with Crippen LogP contribution in [0.25, 0.3) is 17.3 Å². The first-order chi connectivity index (χ1) is 17.7. The van der Waals surface area contributed by atoms with Crippen molar-refractivity contribution in [2.75, 3.05) is 14.2 Å². The summed E-state index contributed by atoms with van der Waals surface area (Å²) in [4.78, 5) is 16.6. The molecule has 0 aromatic carbocycles. The normalized spacial score (nSPS) is 13.1. The molecule has 4 heterocycles. The molecule has 0 amide bonds. The molecule has 37 heavy (non-hydrogen) atoms. The van der Waals surface area contributed by atoms with Gasteiger partial charge in [-0.2, -0.15) is 15.2 Å². The van der Waals surface area contributed by atoms with Crippen molar-refractivity contribution in [3.8, 4) is 35.1 Å². The lowest BCUT2D eigenvalue weighted by Gasteiger charge is -2.20. The van der Waals surface area contributed by atoms with Gasteiger partial charge in [-0.25, -0.2) is 18.4 Å². The van der Waals surface area contributed by atoms with E-state index in [1.165, 1.54) is 37.5 Å². The van der Waals surface area contributed by atoms with Gasteiger partial charge in [0.25, 0.3) is 0 Å². The van der Waals surface area contributed by atoms with Crippen LogP contribution in [0.5, 0.6) is 11.8 Å².